The van der Waals surface area contributed by atoms with Crippen molar-refractivity contribution in [1.82, 2.24) is 0 Å². The van der Waals surface area contributed by atoms with Crippen molar-refractivity contribution in [3.05, 3.63) is 53.5 Å². The first-order valence-corrected chi connectivity index (χ1v) is 6.52. The van der Waals surface area contributed by atoms with Gasteiger partial charge in [-0.2, -0.15) is 0 Å². The lowest BCUT2D eigenvalue weighted by molar-refractivity contribution is 0.0965. The van der Waals surface area contributed by atoms with Crippen molar-refractivity contribution in [1.29, 1.82) is 0 Å². The maximum absolute atomic E-state index is 12.4. The highest BCUT2D eigenvalue weighted by molar-refractivity contribution is 6.09. The lowest BCUT2D eigenvalue weighted by Crippen LogP contribution is -2.28. The molecular weight excluding hydrogens is 270 g/mol. The van der Waals surface area contributed by atoms with Gasteiger partial charge in [-0.25, -0.2) is 0 Å². The van der Waals surface area contributed by atoms with E-state index < -0.39 is 0 Å². The number of carbonyl (C=O) groups excluding carboxylic acids is 1. The first-order chi connectivity index (χ1) is 10.1. The number of nitrogens with zero attached hydrogens (tertiary/aromatic N) is 2. The molecule has 2 aromatic rings. The second-order valence-electron chi connectivity index (χ2n) is 4.49. The maximum atomic E-state index is 12.4. The number of hydrogen-bond donors (Lipinski definition) is 2. The number of hydrogen-bond acceptors (Lipinski definition) is 4. The number of carbonyl (C=O) groups is 1. The fraction of sp³-hybridized carbons (Fsp3) is 0.200. The van der Waals surface area contributed by atoms with E-state index in [1.165, 1.54) is 4.90 Å². The molecule has 1 aromatic heterocycles. The molecule has 6 nitrogen and oxygen atoms in total. The Kier molecular flexibility index (Phi) is 4.27. The van der Waals surface area contributed by atoms with E-state index in [0.717, 1.165) is 12.2 Å². The molecule has 0 atom stereocenters. The van der Waals surface area contributed by atoms with Crippen LogP contribution in [0, 0.1) is 0 Å². The predicted molar refractivity (Wildman–Crippen MR) is 79.8 cm³/mol. The highest BCUT2D eigenvalue weighted by Crippen LogP contribution is 2.21. The summed E-state index contributed by atoms with van der Waals surface area (Å²) in [4.78, 5) is 13.8. The first-order valence-electron chi connectivity index (χ1n) is 6.52. The molecule has 21 heavy (non-hydrogen) atoms. The zero-order valence-electron chi connectivity index (χ0n) is 11.9. The lowest BCUT2D eigenvalue weighted by Gasteiger charge is -2.19. The third kappa shape index (κ3) is 2.89. The van der Waals surface area contributed by atoms with Crippen molar-refractivity contribution < 1.29 is 14.4 Å². The molecule has 6 heteroatoms. The van der Waals surface area contributed by atoms with Gasteiger partial charge in [0.2, 0.25) is 0 Å². The van der Waals surface area contributed by atoms with Crippen molar-refractivity contribution in [2.75, 3.05) is 11.9 Å². The van der Waals surface area contributed by atoms with Crippen molar-refractivity contribution in [3.63, 3.8) is 0 Å². The summed E-state index contributed by atoms with van der Waals surface area (Å²) in [6, 6.07) is 10.3. The molecule has 0 aliphatic rings. The Morgan fingerprint density at radius 2 is 2.05 bits per heavy atom. The summed E-state index contributed by atoms with van der Waals surface area (Å²) in [7, 11) is 1.61. The Balaban J connectivity index is 2.36. The number of aryl methyl sites for hydroxylation is 1. The Morgan fingerprint density at radius 1 is 1.33 bits per heavy atom. The molecule has 0 bridgehead atoms. The molecule has 110 valence electrons. The Labute approximate surface area is 122 Å². The van der Waals surface area contributed by atoms with Gasteiger partial charge >= 0.3 is 0 Å². The number of oxime groups is 1. The quantitative estimate of drug-likeness (QED) is 0.390. The largest absolute Gasteiger partial charge is 0.456 e. The van der Waals surface area contributed by atoms with Crippen molar-refractivity contribution in [3.8, 4) is 0 Å². The summed E-state index contributed by atoms with van der Waals surface area (Å²) in [5.74, 6) is 0.645. The molecule has 0 radical (unpaired) electrons. The maximum Gasteiger partial charge on any atom is 0.293 e. The van der Waals surface area contributed by atoms with Crippen molar-refractivity contribution in [2.24, 2.45) is 10.9 Å². The number of anilines is 1. The normalized spacial score (nSPS) is 11.4. The monoisotopic (exact) mass is 287 g/mol. The minimum absolute atomic E-state index is 0.0565. The van der Waals surface area contributed by atoms with E-state index in [0.29, 0.717) is 11.3 Å². The van der Waals surface area contributed by atoms with E-state index in [2.05, 4.69) is 5.16 Å². The molecule has 0 saturated heterocycles. The van der Waals surface area contributed by atoms with E-state index >= 15 is 0 Å². The second-order valence-corrected chi connectivity index (χ2v) is 4.49. The summed E-state index contributed by atoms with van der Waals surface area (Å²) in [6.07, 6.45) is 0.720. The number of amidine groups is 1. The molecule has 3 N–H and O–H groups in total. The molecule has 0 fully saturated rings. The summed E-state index contributed by atoms with van der Waals surface area (Å²) < 4.78 is 5.46. The predicted octanol–water partition coefficient (Wildman–Crippen LogP) is 2.21. The Hall–Kier alpha value is -2.76. The molecular formula is C15H17N3O3. The van der Waals surface area contributed by atoms with Crippen LogP contribution in [0.1, 0.15) is 28.8 Å². The van der Waals surface area contributed by atoms with Gasteiger partial charge in [0.25, 0.3) is 5.91 Å². The van der Waals surface area contributed by atoms with Gasteiger partial charge in [-0.3, -0.25) is 4.79 Å². The van der Waals surface area contributed by atoms with E-state index in [1.54, 1.807) is 43.4 Å². The minimum Gasteiger partial charge on any atom is -0.456 e. The Morgan fingerprint density at radius 3 is 2.67 bits per heavy atom. The number of benzene rings is 1. The molecule has 0 spiro atoms. The molecule has 1 heterocycles. The third-order valence-electron chi connectivity index (χ3n) is 3.17. The van der Waals surface area contributed by atoms with Crippen LogP contribution < -0.4 is 10.6 Å². The number of rotatable bonds is 4. The van der Waals surface area contributed by atoms with Crippen LogP contribution in [0.15, 0.2) is 46.0 Å². The molecule has 1 aromatic carbocycles. The molecule has 0 saturated carbocycles. The number of amides is 1. The SMILES string of the molecule is CCc1ccc(C(=O)N(C)c2ccccc2/C(N)=N/O)o1. The number of para-hydroxylation sites is 1. The summed E-state index contributed by atoms with van der Waals surface area (Å²) >= 11 is 0. The van der Waals surface area contributed by atoms with Crippen LogP contribution in [-0.2, 0) is 6.42 Å². The van der Waals surface area contributed by atoms with Crippen LogP contribution in [-0.4, -0.2) is 24.0 Å². The average Bonchev–Trinajstić information content (AvgIpc) is 3.01. The fourth-order valence-electron chi connectivity index (χ4n) is 1.99. The van der Waals surface area contributed by atoms with Gasteiger partial charge in [0.1, 0.15) is 5.76 Å². The van der Waals surface area contributed by atoms with Gasteiger partial charge in [0.15, 0.2) is 11.6 Å². The lowest BCUT2D eigenvalue weighted by atomic mass is 10.1. The van der Waals surface area contributed by atoms with Crippen molar-refractivity contribution >= 4 is 17.4 Å². The highest BCUT2D eigenvalue weighted by Gasteiger charge is 2.20. The number of furan rings is 1. The van der Waals surface area contributed by atoms with Gasteiger partial charge < -0.3 is 20.3 Å². The van der Waals surface area contributed by atoms with Crippen molar-refractivity contribution in [2.45, 2.75) is 13.3 Å². The highest BCUT2D eigenvalue weighted by atomic mass is 16.4. The van der Waals surface area contributed by atoms with Crippen LogP contribution >= 0.6 is 0 Å². The molecule has 2 rings (SSSR count). The van der Waals surface area contributed by atoms with Crippen LogP contribution in [0.4, 0.5) is 5.69 Å². The molecule has 0 unspecified atom stereocenters. The van der Waals surface area contributed by atoms with E-state index in [1.807, 2.05) is 6.92 Å². The van der Waals surface area contributed by atoms with Crippen LogP contribution in [0.5, 0.6) is 0 Å². The van der Waals surface area contributed by atoms with Gasteiger partial charge in [-0.1, -0.05) is 24.2 Å². The van der Waals surface area contributed by atoms with Crippen LogP contribution in [0.3, 0.4) is 0 Å². The molecule has 1 amide bonds. The molecule has 0 aliphatic heterocycles. The van der Waals surface area contributed by atoms with Gasteiger partial charge in [0.05, 0.1) is 5.69 Å². The molecule has 0 aliphatic carbocycles. The third-order valence-corrected chi connectivity index (χ3v) is 3.17. The zero-order chi connectivity index (χ0) is 15.4. The standard InChI is InChI=1S/C15H17N3O3/c1-3-10-8-9-13(21-10)15(19)18(2)12-7-5-4-6-11(12)14(16)17-20/h4-9,20H,3H2,1-2H3,(H2,16,17). The van der Waals surface area contributed by atoms with Crippen LogP contribution in [0.2, 0.25) is 0 Å². The van der Waals surface area contributed by atoms with Gasteiger partial charge in [-0.15, -0.1) is 0 Å². The first kappa shape index (κ1) is 14.6. The van der Waals surface area contributed by atoms with E-state index in [4.69, 9.17) is 15.4 Å². The number of nitrogens with two attached hydrogens (primary N) is 1. The van der Waals surface area contributed by atoms with Crippen LogP contribution in [0.25, 0.3) is 0 Å². The summed E-state index contributed by atoms with van der Waals surface area (Å²) in [5.41, 5.74) is 6.64. The summed E-state index contributed by atoms with van der Waals surface area (Å²) in [6.45, 7) is 1.95. The van der Waals surface area contributed by atoms with E-state index in [-0.39, 0.29) is 17.5 Å². The smallest absolute Gasteiger partial charge is 0.293 e. The average molecular weight is 287 g/mol. The minimum atomic E-state index is -0.298. The van der Waals surface area contributed by atoms with Gasteiger partial charge in [-0.05, 0) is 24.3 Å². The topological polar surface area (TPSA) is 92.1 Å². The second kappa shape index (κ2) is 6.13. The van der Waals surface area contributed by atoms with Gasteiger partial charge in [0, 0.05) is 19.0 Å². The van der Waals surface area contributed by atoms with E-state index in [9.17, 15) is 4.79 Å². The Bertz CT molecular complexity index is 676. The summed E-state index contributed by atoms with van der Waals surface area (Å²) in [5, 5.41) is 11.8. The zero-order valence-corrected chi connectivity index (χ0v) is 11.9. The fourth-order valence-corrected chi connectivity index (χ4v) is 1.99.